The summed E-state index contributed by atoms with van der Waals surface area (Å²) in [6, 6.07) is 12.5. The molecule has 1 N–H and O–H groups in total. The van der Waals surface area contributed by atoms with E-state index < -0.39 is 5.63 Å². The quantitative estimate of drug-likeness (QED) is 0.708. The van der Waals surface area contributed by atoms with E-state index in [0.717, 1.165) is 22.1 Å². The summed E-state index contributed by atoms with van der Waals surface area (Å²) in [5.74, 6) is -0.197. The first-order valence-electron chi connectivity index (χ1n) is 9.14. The summed E-state index contributed by atoms with van der Waals surface area (Å²) in [5.41, 5.74) is 4.09. The molecule has 6 heteroatoms. The smallest absolute Gasteiger partial charge is 0.336 e. The zero-order chi connectivity index (χ0) is 19.8. The molecule has 28 heavy (non-hydrogen) atoms. The van der Waals surface area contributed by atoms with Crippen LogP contribution in [0.2, 0.25) is 0 Å². The molecule has 2 heterocycles. The fraction of sp³-hybridized carbons (Fsp3) is 0.227. The summed E-state index contributed by atoms with van der Waals surface area (Å²) in [7, 11) is 0. The Morgan fingerprint density at radius 3 is 2.68 bits per heavy atom. The average molecular weight is 376 g/mol. The third-order valence-corrected chi connectivity index (χ3v) is 5.08. The third-order valence-electron chi connectivity index (χ3n) is 5.08. The molecule has 4 rings (SSSR count). The first-order valence-corrected chi connectivity index (χ1v) is 9.14. The molecule has 3 aromatic rings. The number of nitrogens with one attached hydrogen (secondary N) is 1. The highest BCUT2D eigenvalue weighted by molar-refractivity contribution is 5.99. The Balaban J connectivity index is 1.45. The van der Waals surface area contributed by atoms with Gasteiger partial charge in [0.25, 0.3) is 5.91 Å². The van der Waals surface area contributed by atoms with E-state index >= 15 is 0 Å². The predicted octanol–water partition coefficient (Wildman–Crippen LogP) is 3.39. The van der Waals surface area contributed by atoms with Crippen LogP contribution in [-0.2, 0) is 11.3 Å². The fourth-order valence-corrected chi connectivity index (χ4v) is 3.55. The van der Waals surface area contributed by atoms with Gasteiger partial charge in [0.2, 0.25) is 5.91 Å². The van der Waals surface area contributed by atoms with Crippen LogP contribution in [0.25, 0.3) is 11.0 Å². The van der Waals surface area contributed by atoms with Crippen molar-refractivity contribution in [3.05, 3.63) is 75.1 Å². The minimum Gasteiger partial charge on any atom is -0.423 e. The molecule has 2 aromatic carbocycles. The van der Waals surface area contributed by atoms with E-state index in [1.54, 1.807) is 11.0 Å². The van der Waals surface area contributed by atoms with E-state index in [-0.39, 0.29) is 18.2 Å². The molecule has 0 spiro atoms. The van der Waals surface area contributed by atoms with Gasteiger partial charge in [0, 0.05) is 42.2 Å². The second-order valence-corrected chi connectivity index (χ2v) is 7.09. The number of hydrogen-bond acceptors (Lipinski definition) is 4. The van der Waals surface area contributed by atoms with Crippen LogP contribution in [0, 0.1) is 13.8 Å². The molecule has 142 valence electrons. The van der Waals surface area contributed by atoms with Crippen LogP contribution in [-0.4, -0.2) is 23.3 Å². The Labute approximate surface area is 161 Å². The van der Waals surface area contributed by atoms with Gasteiger partial charge >= 0.3 is 5.63 Å². The maximum Gasteiger partial charge on any atom is 0.336 e. The average Bonchev–Trinajstić information content (AvgIpc) is 2.97. The fourth-order valence-electron chi connectivity index (χ4n) is 3.55. The predicted molar refractivity (Wildman–Crippen MR) is 106 cm³/mol. The molecule has 6 nitrogen and oxygen atoms in total. The van der Waals surface area contributed by atoms with Gasteiger partial charge in [-0.05, 0) is 48.7 Å². The number of fused-ring (bicyclic) bond motifs is 2. The second-order valence-electron chi connectivity index (χ2n) is 7.09. The summed E-state index contributed by atoms with van der Waals surface area (Å²) in [6.07, 6.45) is 0.208. The van der Waals surface area contributed by atoms with Crippen molar-refractivity contribution in [2.45, 2.75) is 26.8 Å². The van der Waals surface area contributed by atoms with E-state index in [0.29, 0.717) is 29.9 Å². The van der Waals surface area contributed by atoms with Gasteiger partial charge in [-0.1, -0.05) is 18.2 Å². The lowest BCUT2D eigenvalue weighted by Crippen LogP contribution is -2.28. The van der Waals surface area contributed by atoms with E-state index in [4.69, 9.17) is 4.42 Å². The molecule has 1 aliphatic rings. The summed E-state index contributed by atoms with van der Waals surface area (Å²) >= 11 is 0. The molecule has 2 amide bonds. The number of carbonyl (C=O) groups is 2. The van der Waals surface area contributed by atoms with Crippen molar-refractivity contribution in [2.75, 3.05) is 11.9 Å². The van der Waals surface area contributed by atoms with Crippen LogP contribution in [0.4, 0.5) is 5.69 Å². The van der Waals surface area contributed by atoms with Gasteiger partial charge in [0.05, 0.1) is 0 Å². The molecular formula is C22H20N2O4. The number of nitrogens with zero attached hydrogens (tertiary/aromatic N) is 1. The maximum atomic E-state index is 12.5. The summed E-state index contributed by atoms with van der Waals surface area (Å²) in [5, 5.41) is 3.69. The molecule has 0 fully saturated rings. The van der Waals surface area contributed by atoms with E-state index in [9.17, 15) is 14.4 Å². The standard InChI is InChI=1S/C22H20N2O4/c1-13-10-21(26)28-19-9-14(2)18(11-17(13)19)23-20(25)7-8-24-12-15-5-3-4-6-16(15)22(24)27/h3-6,9-11H,7-8,12H2,1-2H3,(H,23,25). The highest BCUT2D eigenvalue weighted by Gasteiger charge is 2.26. The molecule has 0 aliphatic carbocycles. The number of rotatable bonds is 4. The van der Waals surface area contributed by atoms with Gasteiger partial charge in [-0.2, -0.15) is 0 Å². The van der Waals surface area contributed by atoms with Gasteiger partial charge in [0.1, 0.15) is 5.58 Å². The Kier molecular flexibility index (Phi) is 4.47. The lowest BCUT2D eigenvalue weighted by Gasteiger charge is -2.16. The third kappa shape index (κ3) is 3.29. The Morgan fingerprint density at radius 2 is 1.89 bits per heavy atom. The zero-order valence-corrected chi connectivity index (χ0v) is 15.7. The van der Waals surface area contributed by atoms with Crippen molar-refractivity contribution >= 4 is 28.5 Å². The molecule has 0 radical (unpaired) electrons. The molecule has 1 aromatic heterocycles. The second kappa shape index (κ2) is 6.96. The van der Waals surface area contributed by atoms with Gasteiger partial charge in [-0.25, -0.2) is 4.79 Å². The number of carbonyl (C=O) groups excluding carboxylic acids is 2. The number of aryl methyl sites for hydroxylation is 2. The van der Waals surface area contributed by atoms with Crippen LogP contribution in [0.1, 0.15) is 33.5 Å². The number of anilines is 1. The van der Waals surface area contributed by atoms with Gasteiger partial charge in [0.15, 0.2) is 0 Å². The Hall–Kier alpha value is -3.41. The van der Waals surface area contributed by atoms with Crippen LogP contribution in [0.5, 0.6) is 0 Å². The molecule has 0 saturated heterocycles. The Morgan fingerprint density at radius 1 is 1.11 bits per heavy atom. The van der Waals surface area contributed by atoms with Gasteiger partial charge in [-0.3, -0.25) is 9.59 Å². The van der Waals surface area contributed by atoms with Crippen LogP contribution in [0.3, 0.4) is 0 Å². The van der Waals surface area contributed by atoms with Crippen LogP contribution in [0.15, 0.2) is 51.7 Å². The summed E-state index contributed by atoms with van der Waals surface area (Å²) in [4.78, 5) is 38.1. The lowest BCUT2D eigenvalue weighted by atomic mass is 10.1. The van der Waals surface area contributed by atoms with Crippen molar-refractivity contribution in [3.63, 3.8) is 0 Å². The SMILES string of the molecule is Cc1cc2oc(=O)cc(C)c2cc1NC(=O)CCN1Cc2ccccc2C1=O. The Bertz CT molecular complexity index is 1160. The van der Waals surface area contributed by atoms with Crippen LogP contribution >= 0.6 is 0 Å². The monoisotopic (exact) mass is 376 g/mol. The van der Waals surface area contributed by atoms with Crippen molar-refractivity contribution in [3.8, 4) is 0 Å². The molecule has 0 unspecified atom stereocenters. The molecule has 0 atom stereocenters. The van der Waals surface area contributed by atoms with E-state index in [1.807, 2.05) is 44.2 Å². The largest absolute Gasteiger partial charge is 0.423 e. The van der Waals surface area contributed by atoms with Crippen molar-refractivity contribution in [1.29, 1.82) is 0 Å². The van der Waals surface area contributed by atoms with Gasteiger partial charge in [-0.15, -0.1) is 0 Å². The van der Waals surface area contributed by atoms with Crippen molar-refractivity contribution in [1.82, 2.24) is 4.90 Å². The zero-order valence-electron chi connectivity index (χ0n) is 15.7. The van der Waals surface area contributed by atoms with Crippen molar-refractivity contribution < 1.29 is 14.0 Å². The van der Waals surface area contributed by atoms with Crippen LogP contribution < -0.4 is 10.9 Å². The first kappa shape index (κ1) is 18.0. The highest BCUT2D eigenvalue weighted by Crippen LogP contribution is 2.26. The highest BCUT2D eigenvalue weighted by atomic mass is 16.4. The number of amides is 2. The molecule has 0 saturated carbocycles. The maximum absolute atomic E-state index is 12.5. The molecular weight excluding hydrogens is 356 g/mol. The van der Waals surface area contributed by atoms with Crippen molar-refractivity contribution in [2.24, 2.45) is 0 Å². The van der Waals surface area contributed by atoms with E-state index in [1.165, 1.54) is 6.07 Å². The lowest BCUT2D eigenvalue weighted by molar-refractivity contribution is -0.116. The summed E-state index contributed by atoms with van der Waals surface area (Å²) < 4.78 is 5.23. The minimum absolute atomic E-state index is 0.0315. The first-order chi connectivity index (χ1) is 13.4. The topological polar surface area (TPSA) is 79.6 Å². The summed E-state index contributed by atoms with van der Waals surface area (Å²) in [6.45, 7) is 4.57. The van der Waals surface area contributed by atoms with E-state index in [2.05, 4.69) is 5.32 Å². The minimum atomic E-state index is -0.391. The molecule has 1 aliphatic heterocycles. The normalized spacial score (nSPS) is 13.1. The number of benzene rings is 2. The molecule has 0 bridgehead atoms. The van der Waals surface area contributed by atoms with Gasteiger partial charge < -0.3 is 14.6 Å². The number of hydrogen-bond donors (Lipinski definition) is 1.